The van der Waals surface area contributed by atoms with E-state index in [4.69, 9.17) is 5.41 Å². The first-order chi connectivity index (χ1) is 5.86. The van der Waals surface area contributed by atoms with Crippen LogP contribution < -0.4 is 0 Å². The third kappa shape index (κ3) is 1.99. The summed E-state index contributed by atoms with van der Waals surface area (Å²) in [6, 6.07) is 0. The molecule has 0 atom stereocenters. The molecule has 2 heteroatoms. The number of rotatable bonds is 2. The quantitative estimate of drug-likeness (QED) is 0.494. The lowest BCUT2D eigenvalue weighted by atomic mass is 10.1. The van der Waals surface area contributed by atoms with Gasteiger partial charge in [-0.25, -0.2) is 0 Å². The van der Waals surface area contributed by atoms with E-state index in [1.54, 1.807) is 0 Å². The minimum absolute atomic E-state index is 0.874. The van der Waals surface area contributed by atoms with Gasteiger partial charge in [0.25, 0.3) is 0 Å². The van der Waals surface area contributed by atoms with Gasteiger partial charge in [-0.15, -0.1) is 0 Å². The predicted molar refractivity (Wildman–Crippen MR) is 50.5 cm³/mol. The van der Waals surface area contributed by atoms with E-state index in [0.717, 1.165) is 31.3 Å². The summed E-state index contributed by atoms with van der Waals surface area (Å²) in [5.74, 6) is 1.79. The maximum atomic E-state index is 7.88. The first-order valence-electron chi connectivity index (χ1n) is 5.18. The maximum absolute atomic E-state index is 7.88. The van der Waals surface area contributed by atoms with E-state index < -0.39 is 0 Å². The maximum Gasteiger partial charge on any atom is 0.0960 e. The van der Waals surface area contributed by atoms with E-state index in [-0.39, 0.29) is 0 Å². The van der Waals surface area contributed by atoms with Gasteiger partial charge in [0.2, 0.25) is 0 Å². The molecule has 2 rings (SSSR count). The van der Waals surface area contributed by atoms with Crippen molar-refractivity contribution in [2.75, 3.05) is 13.1 Å². The molecule has 0 radical (unpaired) electrons. The Morgan fingerprint density at radius 3 is 2.42 bits per heavy atom. The summed E-state index contributed by atoms with van der Waals surface area (Å²) >= 11 is 0. The highest BCUT2D eigenvalue weighted by atomic mass is 15.2. The fraction of sp³-hybridized carbons (Fsp3) is 0.900. The topological polar surface area (TPSA) is 27.1 Å². The van der Waals surface area contributed by atoms with Crippen LogP contribution in [0.5, 0.6) is 0 Å². The normalized spacial score (nSPS) is 24.2. The Kier molecular flexibility index (Phi) is 2.33. The Bertz CT molecular complexity index is 167. The van der Waals surface area contributed by atoms with Crippen molar-refractivity contribution in [2.24, 2.45) is 5.92 Å². The van der Waals surface area contributed by atoms with Crippen molar-refractivity contribution in [3.63, 3.8) is 0 Å². The van der Waals surface area contributed by atoms with Crippen molar-refractivity contribution in [1.29, 1.82) is 5.41 Å². The number of nitrogens with zero attached hydrogens (tertiary/aromatic N) is 1. The minimum atomic E-state index is 0.874. The zero-order valence-corrected chi connectivity index (χ0v) is 7.68. The Morgan fingerprint density at radius 2 is 1.83 bits per heavy atom. The molecule has 1 aliphatic carbocycles. The first-order valence-corrected chi connectivity index (χ1v) is 5.18. The molecule has 12 heavy (non-hydrogen) atoms. The molecule has 1 saturated heterocycles. The van der Waals surface area contributed by atoms with E-state index in [1.807, 2.05) is 0 Å². The molecule has 0 spiro atoms. The van der Waals surface area contributed by atoms with Gasteiger partial charge in [0.15, 0.2) is 0 Å². The zero-order valence-electron chi connectivity index (χ0n) is 7.68. The van der Waals surface area contributed by atoms with Crippen LogP contribution in [0, 0.1) is 11.3 Å². The highest BCUT2D eigenvalue weighted by molar-refractivity contribution is 5.79. The van der Waals surface area contributed by atoms with Gasteiger partial charge in [-0.3, -0.25) is 5.41 Å². The molecule has 0 aromatic carbocycles. The van der Waals surface area contributed by atoms with Gasteiger partial charge in [0.05, 0.1) is 5.84 Å². The van der Waals surface area contributed by atoms with Gasteiger partial charge in [-0.1, -0.05) is 0 Å². The summed E-state index contributed by atoms with van der Waals surface area (Å²) in [6.07, 6.45) is 7.76. The van der Waals surface area contributed by atoms with Crippen molar-refractivity contribution in [1.82, 2.24) is 4.90 Å². The highest BCUT2D eigenvalue weighted by Gasteiger charge is 2.25. The van der Waals surface area contributed by atoms with Crippen LogP contribution in [-0.2, 0) is 0 Å². The fourth-order valence-corrected chi connectivity index (χ4v) is 1.89. The number of hydrogen-bond acceptors (Lipinski definition) is 1. The van der Waals surface area contributed by atoms with Gasteiger partial charge in [-0.2, -0.15) is 0 Å². The van der Waals surface area contributed by atoms with Gasteiger partial charge in [-0.05, 0) is 38.0 Å². The molecule has 0 aromatic heterocycles. The van der Waals surface area contributed by atoms with Gasteiger partial charge in [0, 0.05) is 19.5 Å². The average molecular weight is 166 g/mol. The molecular formula is C10H18N2. The fourth-order valence-electron chi connectivity index (χ4n) is 1.89. The summed E-state index contributed by atoms with van der Waals surface area (Å²) in [4.78, 5) is 2.28. The Labute approximate surface area is 74.5 Å². The Hall–Kier alpha value is -0.530. The van der Waals surface area contributed by atoms with Crippen LogP contribution >= 0.6 is 0 Å². The van der Waals surface area contributed by atoms with Gasteiger partial charge < -0.3 is 4.90 Å². The molecule has 0 amide bonds. The summed E-state index contributed by atoms with van der Waals surface area (Å²) in [6.45, 7) is 2.29. The van der Waals surface area contributed by atoms with Crippen LogP contribution in [0.1, 0.15) is 38.5 Å². The van der Waals surface area contributed by atoms with Crippen LogP contribution in [-0.4, -0.2) is 23.8 Å². The third-order valence-corrected chi connectivity index (χ3v) is 2.92. The monoisotopic (exact) mass is 166 g/mol. The second-order valence-electron chi connectivity index (χ2n) is 4.14. The van der Waals surface area contributed by atoms with E-state index >= 15 is 0 Å². The highest BCUT2D eigenvalue weighted by Crippen LogP contribution is 2.33. The molecule has 0 bridgehead atoms. The van der Waals surface area contributed by atoms with Gasteiger partial charge >= 0.3 is 0 Å². The smallest absolute Gasteiger partial charge is 0.0960 e. The SMILES string of the molecule is N=C(CC1CC1)N1CCCCC1. The van der Waals surface area contributed by atoms with Crippen LogP contribution in [0.15, 0.2) is 0 Å². The second kappa shape index (κ2) is 3.46. The molecule has 1 aliphatic heterocycles. The lowest BCUT2D eigenvalue weighted by molar-refractivity contribution is 0.333. The van der Waals surface area contributed by atoms with E-state index in [0.29, 0.717) is 0 Å². The van der Waals surface area contributed by atoms with Crippen LogP contribution in [0.25, 0.3) is 0 Å². The standard InChI is InChI=1S/C10H18N2/c11-10(8-9-4-5-9)12-6-2-1-3-7-12/h9,11H,1-8H2. The van der Waals surface area contributed by atoms with Crippen LogP contribution in [0.2, 0.25) is 0 Å². The Balaban J connectivity index is 1.76. The molecule has 1 heterocycles. The zero-order chi connectivity index (χ0) is 8.39. The number of likely N-dealkylation sites (tertiary alicyclic amines) is 1. The average Bonchev–Trinajstić information content (AvgIpc) is 2.90. The van der Waals surface area contributed by atoms with E-state index in [9.17, 15) is 0 Å². The van der Waals surface area contributed by atoms with Gasteiger partial charge in [0.1, 0.15) is 0 Å². The largest absolute Gasteiger partial charge is 0.361 e. The molecule has 68 valence electrons. The van der Waals surface area contributed by atoms with Crippen molar-refractivity contribution in [3.05, 3.63) is 0 Å². The molecule has 0 unspecified atom stereocenters. The van der Waals surface area contributed by atoms with Crippen molar-refractivity contribution < 1.29 is 0 Å². The lowest BCUT2D eigenvalue weighted by Crippen LogP contribution is -2.35. The van der Waals surface area contributed by atoms with Crippen molar-refractivity contribution in [2.45, 2.75) is 38.5 Å². The minimum Gasteiger partial charge on any atom is -0.361 e. The summed E-state index contributed by atoms with van der Waals surface area (Å²) in [7, 11) is 0. The lowest BCUT2D eigenvalue weighted by Gasteiger charge is -2.29. The Morgan fingerprint density at radius 1 is 1.17 bits per heavy atom. The molecule has 2 aliphatic rings. The molecule has 0 aromatic rings. The van der Waals surface area contributed by atoms with E-state index in [2.05, 4.69) is 4.90 Å². The van der Waals surface area contributed by atoms with E-state index in [1.165, 1.54) is 32.1 Å². The number of hydrogen-bond donors (Lipinski definition) is 1. The summed E-state index contributed by atoms with van der Waals surface area (Å²) in [5, 5.41) is 7.88. The van der Waals surface area contributed by atoms with Crippen molar-refractivity contribution in [3.8, 4) is 0 Å². The number of amidine groups is 1. The molecule has 1 saturated carbocycles. The third-order valence-electron chi connectivity index (χ3n) is 2.92. The molecule has 1 N–H and O–H groups in total. The molecule has 2 nitrogen and oxygen atoms in total. The molecular weight excluding hydrogens is 148 g/mol. The molecule has 2 fully saturated rings. The summed E-state index contributed by atoms with van der Waals surface area (Å²) < 4.78 is 0. The van der Waals surface area contributed by atoms with Crippen LogP contribution in [0.4, 0.5) is 0 Å². The predicted octanol–water partition coefficient (Wildman–Crippen LogP) is 2.25. The first kappa shape index (κ1) is 8.09. The summed E-state index contributed by atoms with van der Waals surface area (Å²) in [5.41, 5.74) is 0. The number of nitrogens with one attached hydrogen (secondary N) is 1. The van der Waals surface area contributed by atoms with Crippen molar-refractivity contribution >= 4 is 5.84 Å². The number of piperidine rings is 1. The second-order valence-corrected chi connectivity index (χ2v) is 4.14. The van der Waals surface area contributed by atoms with Crippen LogP contribution in [0.3, 0.4) is 0 Å².